The molecule has 5 nitrogen and oxygen atoms in total. The third kappa shape index (κ3) is 3.51. The summed E-state index contributed by atoms with van der Waals surface area (Å²) in [5.41, 5.74) is 2.53. The monoisotopic (exact) mass is 434 g/mol. The highest BCUT2D eigenvalue weighted by Gasteiger charge is 2.26. The SMILES string of the molecule is CCCSc1nnc2c(n1)O[C@H](c1cccs1)Nc1ccc(Br)cc1-2. The first kappa shape index (κ1) is 16.8. The van der Waals surface area contributed by atoms with Gasteiger partial charge in [-0.25, -0.2) is 0 Å². The van der Waals surface area contributed by atoms with Crippen molar-refractivity contribution in [3.05, 3.63) is 45.1 Å². The molecule has 1 atom stereocenters. The van der Waals surface area contributed by atoms with E-state index in [0.717, 1.165) is 32.8 Å². The molecule has 0 bridgehead atoms. The van der Waals surface area contributed by atoms with Crippen molar-refractivity contribution < 1.29 is 4.74 Å². The van der Waals surface area contributed by atoms with Crippen LogP contribution in [0.1, 0.15) is 24.4 Å². The van der Waals surface area contributed by atoms with E-state index in [9.17, 15) is 0 Å². The van der Waals surface area contributed by atoms with Gasteiger partial charge in [-0.1, -0.05) is 40.7 Å². The van der Waals surface area contributed by atoms with Crippen LogP contribution in [-0.2, 0) is 0 Å². The zero-order chi connectivity index (χ0) is 17.2. The molecule has 1 aliphatic rings. The molecule has 25 heavy (non-hydrogen) atoms. The molecule has 0 saturated heterocycles. The van der Waals surface area contributed by atoms with Gasteiger partial charge in [0.2, 0.25) is 17.3 Å². The highest BCUT2D eigenvalue weighted by molar-refractivity contribution is 9.10. The summed E-state index contributed by atoms with van der Waals surface area (Å²) in [6.45, 7) is 2.13. The Morgan fingerprint density at radius 1 is 1.32 bits per heavy atom. The molecule has 1 N–H and O–H groups in total. The lowest BCUT2D eigenvalue weighted by molar-refractivity contribution is 0.229. The minimum Gasteiger partial charge on any atom is -0.447 e. The number of anilines is 1. The third-order valence-electron chi connectivity index (χ3n) is 3.63. The lowest BCUT2D eigenvalue weighted by Gasteiger charge is -2.17. The number of benzene rings is 1. The van der Waals surface area contributed by atoms with Gasteiger partial charge in [0, 0.05) is 21.5 Å². The van der Waals surface area contributed by atoms with E-state index < -0.39 is 0 Å². The van der Waals surface area contributed by atoms with Gasteiger partial charge in [0.15, 0.2) is 5.69 Å². The van der Waals surface area contributed by atoms with Crippen molar-refractivity contribution in [2.24, 2.45) is 0 Å². The maximum Gasteiger partial charge on any atom is 0.247 e. The summed E-state index contributed by atoms with van der Waals surface area (Å²) < 4.78 is 7.17. The Morgan fingerprint density at radius 2 is 2.24 bits per heavy atom. The molecule has 3 aromatic rings. The van der Waals surface area contributed by atoms with Crippen LogP contribution in [0.4, 0.5) is 5.69 Å². The molecular weight excluding hydrogens is 420 g/mol. The molecule has 0 amide bonds. The zero-order valence-corrected chi connectivity index (χ0v) is 16.6. The molecule has 0 unspecified atom stereocenters. The number of halogens is 1. The standard InChI is InChI=1S/C17H15BrN4OS2/c1-2-7-25-17-20-16-14(21-22-17)11-9-10(18)5-6-12(11)19-15(23-16)13-4-3-8-24-13/h3-6,8-9,15,19H,2,7H2,1H3/t15-/m1/s1. The number of aromatic nitrogens is 3. The molecule has 1 aromatic carbocycles. The molecule has 0 fully saturated rings. The van der Waals surface area contributed by atoms with Gasteiger partial charge in [0.25, 0.3) is 0 Å². The van der Waals surface area contributed by atoms with E-state index in [1.54, 1.807) is 23.1 Å². The number of hydrogen-bond acceptors (Lipinski definition) is 7. The Bertz CT molecular complexity index is 888. The van der Waals surface area contributed by atoms with Gasteiger partial charge in [-0.2, -0.15) is 4.98 Å². The summed E-state index contributed by atoms with van der Waals surface area (Å²) >= 11 is 6.77. The van der Waals surface area contributed by atoms with E-state index >= 15 is 0 Å². The molecule has 0 radical (unpaired) electrons. The molecule has 4 rings (SSSR count). The van der Waals surface area contributed by atoms with Crippen LogP contribution < -0.4 is 10.1 Å². The number of rotatable bonds is 4. The van der Waals surface area contributed by atoms with Crippen LogP contribution in [-0.4, -0.2) is 20.9 Å². The molecule has 0 aliphatic carbocycles. The van der Waals surface area contributed by atoms with Crippen molar-refractivity contribution in [3.63, 3.8) is 0 Å². The van der Waals surface area contributed by atoms with E-state index in [0.29, 0.717) is 16.7 Å². The van der Waals surface area contributed by atoms with Gasteiger partial charge in [0.1, 0.15) is 0 Å². The Labute approximate surface area is 162 Å². The van der Waals surface area contributed by atoms with E-state index in [2.05, 4.69) is 43.4 Å². The van der Waals surface area contributed by atoms with Crippen molar-refractivity contribution >= 4 is 44.7 Å². The molecule has 128 valence electrons. The molecule has 0 saturated carbocycles. The van der Waals surface area contributed by atoms with E-state index in [1.165, 1.54) is 0 Å². The van der Waals surface area contributed by atoms with E-state index in [-0.39, 0.29) is 6.23 Å². The fraction of sp³-hybridized carbons (Fsp3) is 0.235. The number of nitrogens with one attached hydrogen (secondary N) is 1. The van der Waals surface area contributed by atoms with Gasteiger partial charge in [0.05, 0.1) is 4.88 Å². The first-order valence-corrected chi connectivity index (χ1v) is 10.5. The number of fused-ring (bicyclic) bond motifs is 3. The van der Waals surface area contributed by atoms with Crippen molar-refractivity contribution in [1.29, 1.82) is 0 Å². The Kier molecular flexibility index (Phi) is 4.91. The molecule has 1 aliphatic heterocycles. The number of hydrogen-bond donors (Lipinski definition) is 1. The fourth-order valence-electron chi connectivity index (χ4n) is 2.49. The Morgan fingerprint density at radius 3 is 3.04 bits per heavy atom. The third-order valence-corrected chi connectivity index (χ3v) is 6.08. The summed E-state index contributed by atoms with van der Waals surface area (Å²) in [4.78, 5) is 5.70. The second-order valence-electron chi connectivity index (χ2n) is 5.44. The number of thioether (sulfide) groups is 1. The van der Waals surface area contributed by atoms with Crippen LogP contribution in [0.5, 0.6) is 5.88 Å². The highest BCUT2D eigenvalue weighted by atomic mass is 79.9. The second kappa shape index (κ2) is 7.31. The van der Waals surface area contributed by atoms with Crippen molar-refractivity contribution in [2.45, 2.75) is 24.7 Å². The van der Waals surface area contributed by atoms with Crippen LogP contribution in [0.3, 0.4) is 0 Å². The average molecular weight is 435 g/mol. The normalized spacial score (nSPS) is 15.5. The summed E-state index contributed by atoms with van der Waals surface area (Å²) in [6, 6.07) is 10.1. The van der Waals surface area contributed by atoms with Crippen LogP contribution >= 0.6 is 39.0 Å². The van der Waals surface area contributed by atoms with Crippen molar-refractivity contribution in [1.82, 2.24) is 15.2 Å². The summed E-state index contributed by atoms with van der Waals surface area (Å²) in [7, 11) is 0. The molecule has 8 heteroatoms. The average Bonchev–Trinajstić information content (AvgIpc) is 3.10. The maximum atomic E-state index is 6.20. The summed E-state index contributed by atoms with van der Waals surface area (Å²) in [5, 5.41) is 14.8. The van der Waals surface area contributed by atoms with E-state index in [4.69, 9.17) is 4.74 Å². The lowest BCUT2D eigenvalue weighted by atomic mass is 10.1. The number of ether oxygens (including phenoxy) is 1. The van der Waals surface area contributed by atoms with Gasteiger partial charge < -0.3 is 10.1 Å². The van der Waals surface area contributed by atoms with E-state index in [1.807, 2.05) is 35.7 Å². The summed E-state index contributed by atoms with van der Waals surface area (Å²) in [5.74, 6) is 1.46. The van der Waals surface area contributed by atoms with Gasteiger partial charge >= 0.3 is 0 Å². The number of thiophene rings is 1. The second-order valence-corrected chi connectivity index (χ2v) is 8.40. The quantitative estimate of drug-likeness (QED) is 0.557. The Hall–Kier alpha value is -1.64. The predicted octanol–water partition coefficient (Wildman–Crippen LogP) is 5.37. The largest absolute Gasteiger partial charge is 0.447 e. The lowest BCUT2D eigenvalue weighted by Crippen LogP contribution is -2.15. The van der Waals surface area contributed by atoms with Crippen LogP contribution in [0.25, 0.3) is 11.3 Å². The fourth-order valence-corrected chi connectivity index (χ4v) is 4.19. The van der Waals surface area contributed by atoms with Crippen LogP contribution in [0.2, 0.25) is 0 Å². The highest BCUT2D eigenvalue weighted by Crippen LogP contribution is 2.41. The smallest absolute Gasteiger partial charge is 0.247 e. The first-order chi connectivity index (χ1) is 12.2. The molecule has 2 aromatic heterocycles. The van der Waals surface area contributed by atoms with Crippen LogP contribution in [0.15, 0.2) is 45.3 Å². The minimum absolute atomic E-state index is 0.304. The van der Waals surface area contributed by atoms with Crippen LogP contribution in [0, 0.1) is 0 Å². The zero-order valence-electron chi connectivity index (χ0n) is 13.4. The van der Waals surface area contributed by atoms with Gasteiger partial charge in [-0.15, -0.1) is 21.5 Å². The molecule has 0 spiro atoms. The van der Waals surface area contributed by atoms with Gasteiger partial charge in [-0.3, -0.25) is 0 Å². The number of nitrogens with zero attached hydrogens (tertiary/aromatic N) is 3. The minimum atomic E-state index is -0.304. The maximum absolute atomic E-state index is 6.20. The topological polar surface area (TPSA) is 59.9 Å². The molecule has 3 heterocycles. The summed E-state index contributed by atoms with van der Waals surface area (Å²) in [6.07, 6.45) is 0.753. The van der Waals surface area contributed by atoms with Gasteiger partial charge in [-0.05, 0) is 36.1 Å². The van der Waals surface area contributed by atoms with Crippen molar-refractivity contribution in [2.75, 3.05) is 11.1 Å². The Balaban J connectivity index is 1.81. The predicted molar refractivity (Wildman–Crippen MR) is 105 cm³/mol. The first-order valence-electron chi connectivity index (χ1n) is 7.88. The molecular formula is C17H15BrN4OS2. The van der Waals surface area contributed by atoms with Crippen molar-refractivity contribution in [3.8, 4) is 17.1 Å².